The van der Waals surface area contributed by atoms with Crippen LogP contribution in [0.15, 0.2) is 24.5 Å². The predicted molar refractivity (Wildman–Crippen MR) is 90.8 cm³/mol. The van der Waals surface area contributed by atoms with Crippen molar-refractivity contribution in [2.45, 2.75) is 38.6 Å². The van der Waals surface area contributed by atoms with Gasteiger partial charge in [-0.2, -0.15) is 4.98 Å². The molecule has 1 saturated carbocycles. The third-order valence-electron chi connectivity index (χ3n) is 4.01. The maximum absolute atomic E-state index is 11.5. The van der Waals surface area contributed by atoms with Crippen LogP contribution in [0.3, 0.4) is 0 Å². The third kappa shape index (κ3) is 3.56. The highest BCUT2D eigenvalue weighted by Gasteiger charge is 2.27. The minimum absolute atomic E-state index is 0.0859. The summed E-state index contributed by atoms with van der Waals surface area (Å²) in [5, 5.41) is 15.3. The van der Waals surface area contributed by atoms with Crippen molar-refractivity contribution in [1.29, 1.82) is 0 Å². The van der Waals surface area contributed by atoms with Crippen molar-refractivity contribution < 1.29 is 9.66 Å². The van der Waals surface area contributed by atoms with E-state index in [1.165, 1.54) is 6.33 Å². The zero-order valence-electron chi connectivity index (χ0n) is 13.2. The first-order valence-electron chi connectivity index (χ1n) is 7.74. The molecule has 0 aliphatic heterocycles. The molecule has 7 nitrogen and oxygen atoms in total. The van der Waals surface area contributed by atoms with Gasteiger partial charge in [0.05, 0.1) is 4.92 Å². The lowest BCUT2D eigenvalue weighted by Crippen LogP contribution is -2.17. The molecule has 0 saturated heterocycles. The first-order chi connectivity index (χ1) is 11.5. The molecule has 0 bridgehead atoms. The Hall–Kier alpha value is -2.41. The largest absolute Gasteiger partial charge is 0.434 e. The maximum atomic E-state index is 11.5. The normalized spacial score (nSPS) is 14.6. The Bertz CT molecular complexity index is 763. The molecule has 1 N–H and O–H groups in total. The second-order valence-electron chi connectivity index (χ2n) is 5.77. The van der Waals surface area contributed by atoms with Gasteiger partial charge in [-0.05, 0) is 43.5 Å². The quantitative estimate of drug-likeness (QED) is 0.632. The SMILES string of the molecule is Cc1cc(Oc2ncnc(NC3CCCC3)c2[N+](=O)[O-])ccc1Cl. The molecule has 1 aromatic heterocycles. The van der Waals surface area contributed by atoms with E-state index in [0.717, 1.165) is 31.2 Å². The summed E-state index contributed by atoms with van der Waals surface area (Å²) in [5.41, 5.74) is 0.562. The number of rotatable bonds is 5. The summed E-state index contributed by atoms with van der Waals surface area (Å²) in [6, 6.07) is 5.23. The standard InChI is InChI=1S/C16H17ClN4O3/c1-10-8-12(6-7-13(10)17)24-16-14(21(22)23)15(18-9-19-16)20-11-4-2-3-5-11/h6-9,11H,2-5H2,1H3,(H,18,19,20). The molecule has 1 aromatic carbocycles. The van der Waals surface area contributed by atoms with E-state index >= 15 is 0 Å². The van der Waals surface area contributed by atoms with Gasteiger partial charge in [0.2, 0.25) is 5.82 Å². The van der Waals surface area contributed by atoms with Gasteiger partial charge in [0.1, 0.15) is 12.1 Å². The minimum atomic E-state index is -0.518. The fourth-order valence-electron chi connectivity index (χ4n) is 2.76. The fourth-order valence-corrected chi connectivity index (χ4v) is 2.88. The van der Waals surface area contributed by atoms with E-state index in [-0.39, 0.29) is 23.4 Å². The number of hydrogen-bond acceptors (Lipinski definition) is 6. The van der Waals surface area contributed by atoms with Gasteiger partial charge in [0, 0.05) is 11.1 Å². The smallest absolute Gasteiger partial charge is 0.373 e. The lowest BCUT2D eigenvalue weighted by molar-refractivity contribution is -0.385. The van der Waals surface area contributed by atoms with Crippen LogP contribution in [-0.2, 0) is 0 Å². The minimum Gasteiger partial charge on any atom is -0.434 e. The third-order valence-corrected chi connectivity index (χ3v) is 4.44. The van der Waals surface area contributed by atoms with Gasteiger partial charge in [-0.25, -0.2) is 4.98 Å². The summed E-state index contributed by atoms with van der Waals surface area (Å²) in [6.45, 7) is 1.83. The van der Waals surface area contributed by atoms with Crippen LogP contribution in [0.25, 0.3) is 0 Å². The summed E-state index contributed by atoms with van der Waals surface area (Å²) in [4.78, 5) is 19.0. The zero-order chi connectivity index (χ0) is 17.1. The Labute approximate surface area is 144 Å². The average Bonchev–Trinajstić information content (AvgIpc) is 3.04. The molecule has 1 heterocycles. The van der Waals surface area contributed by atoms with Gasteiger partial charge >= 0.3 is 11.6 Å². The molecule has 1 aliphatic carbocycles. The predicted octanol–water partition coefficient (Wildman–Crippen LogP) is 4.49. The number of nitro groups is 1. The number of aromatic nitrogens is 2. The summed E-state index contributed by atoms with van der Waals surface area (Å²) in [5.74, 6) is 0.547. The van der Waals surface area contributed by atoms with Crippen LogP contribution in [0.2, 0.25) is 5.02 Å². The first-order valence-corrected chi connectivity index (χ1v) is 8.12. The van der Waals surface area contributed by atoms with E-state index in [4.69, 9.17) is 16.3 Å². The Kier molecular flexibility index (Phi) is 4.80. The fraction of sp³-hybridized carbons (Fsp3) is 0.375. The number of nitrogens with zero attached hydrogens (tertiary/aromatic N) is 3. The van der Waals surface area contributed by atoms with Crippen molar-refractivity contribution in [1.82, 2.24) is 9.97 Å². The highest BCUT2D eigenvalue weighted by molar-refractivity contribution is 6.31. The van der Waals surface area contributed by atoms with E-state index in [2.05, 4.69) is 15.3 Å². The molecule has 0 radical (unpaired) electrons. The molecule has 1 fully saturated rings. The number of anilines is 1. The van der Waals surface area contributed by atoms with E-state index < -0.39 is 4.92 Å². The van der Waals surface area contributed by atoms with Gasteiger partial charge in [-0.15, -0.1) is 0 Å². The molecule has 0 atom stereocenters. The molecule has 8 heteroatoms. The van der Waals surface area contributed by atoms with E-state index in [1.807, 2.05) is 6.92 Å². The maximum Gasteiger partial charge on any atom is 0.373 e. The van der Waals surface area contributed by atoms with Crippen LogP contribution < -0.4 is 10.1 Å². The molecule has 1 aliphatic rings. The Morgan fingerprint density at radius 3 is 2.75 bits per heavy atom. The van der Waals surface area contributed by atoms with Crippen molar-refractivity contribution in [2.24, 2.45) is 0 Å². The van der Waals surface area contributed by atoms with Crippen LogP contribution in [-0.4, -0.2) is 20.9 Å². The van der Waals surface area contributed by atoms with E-state index in [9.17, 15) is 10.1 Å². The second kappa shape index (κ2) is 7.00. The Morgan fingerprint density at radius 2 is 2.08 bits per heavy atom. The number of aryl methyl sites for hydroxylation is 1. The highest BCUT2D eigenvalue weighted by Crippen LogP contribution is 2.36. The lowest BCUT2D eigenvalue weighted by Gasteiger charge is -2.13. The first kappa shape index (κ1) is 16.4. The van der Waals surface area contributed by atoms with Gasteiger partial charge in [-0.1, -0.05) is 24.4 Å². The van der Waals surface area contributed by atoms with Crippen LogP contribution in [0.1, 0.15) is 31.2 Å². The molecular weight excluding hydrogens is 332 g/mol. The van der Waals surface area contributed by atoms with Crippen molar-refractivity contribution in [3.8, 4) is 11.6 Å². The van der Waals surface area contributed by atoms with E-state index in [1.54, 1.807) is 18.2 Å². The second-order valence-corrected chi connectivity index (χ2v) is 6.18. The van der Waals surface area contributed by atoms with Gasteiger partial charge < -0.3 is 10.1 Å². The van der Waals surface area contributed by atoms with Crippen molar-refractivity contribution in [2.75, 3.05) is 5.32 Å². The summed E-state index contributed by atoms with van der Waals surface area (Å²) in [6.07, 6.45) is 5.46. The number of halogens is 1. The summed E-state index contributed by atoms with van der Waals surface area (Å²) >= 11 is 5.99. The molecule has 0 unspecified atom stereocenters. The number of benzene rings is 1. The topological polar surface area (TPSA) is 90.2 Å². The van der Waals surface area contributed by atoms with Crippen LogP contribution in [0, 0.1) is 17.0 Å². The van der Waals surface area contributed by atoms with Crippen molar-refractivity contribution in [3.63, 3.8) is 0 Å². The Morgan fingerprint density at radius 1 is 1.33 bits per heavy atom. The van der Waals surface area contributed by atoms with Crippen LogP contribution in [0.5, 0.6) is 11.6 Å². The van der Waals surface area contributed by atoms with Crippen molar-refractivity contribution >= 4 is 23.1 Å². The van der Waals surface area contributed by atoms with Crippen LogP contribution in [0.4, 0.5) is 11.5 Å². The Balaban J connectivity index is 1.91. The summed E-state index contributed by atoms with van der Waals surface area (Å²) in [7, 11) is 0. The van der Waals surface area contributed by atoms with Gasteiger partial charge in [0.15, 0.2) is 0 Å². The molecule has 0 spiro atoms. The average molecular weight is 349 g/mol. The van der Waals surface area contributed by atoms with Gasteiger partial charge in [0.25, 0.3) is 0 Å². The number of nitrogens with one attached hydrogen (secondary N) is 1. The van der Waals surface area contributed by atoms with Crippen LogP contribution >= 0.6 is 11.6 Å². The molecular formula is C16H17ClN4O3. The number of ether oxygens (including phenoxy) is 1. The lowest BCUT2D eigenvalue weighted by atomic mass is 10.2. The highest BCUT2D eigenvalue weighted by atomic mass is 35.5. The molecule has 3 rings (SSSR count). The monoisotopic (exact) mass is 348 g/mol. The molecule has 2 aromatic rings. The zero-order valence-corrected chi connectivity index (χ0v) is 13.9. The van der Waals surface area contributed by atoms with Gasteiger partial charge in [-0.3, -0.25) is 10.1 Å². The molecule has 126 valence electrons. The summed E-state index contributed by atoms with van der Waals surface area (Å²) < 4.78 is 5.62. The molecule has 24 heavy (non-hydrogen) atoms. The van der Waals surface area contributed by atoms with Crippen molar-refractivity contribution in [3.05, 3.63) is 45.2 Å². The van der Waals surface area contributed by atoms with E-state index in [0.29, 0.717) is 10.8 Å². The number of hydrogen-bond donors (Lipinski definition) is 1. The molecule has 0 amide bonds.